The van der Waals surface area contributed by atoms with Crippen LogP contribution >= 0.6 is 0 Å². The van der Waals surface area contributed by atoms with Gasteiger partial charge in [-0.25, -0.2) is 22.3 Å². The molecule has 0 radical (unpaired) electrons. The number of aryl methyl sites for hydroxylation is 1. The van der Waals surface area contributed by atoms with Gasteiger partial charge in [-0.15, -0.1) is 0 Å². The maximum Gasteiger partial charge on any atom is 0.269 e. The van der Waals surface area contributed by atoms with E-state index in [0.29, 0.717) is 0 Å². The number of halogens is 2. The summed E-state index contributed by atoms with van der Waals surface area (Å²) in [6.07, 6.45) is -2.80. The number of rotatable bonds is 3. The molecule has 0 amide bonds. The number of hydrogen-bond donors (Lipinski definition) is 1. The lowest BCUT2D eigenvalue weighted by Crippen LogP contribution is -2.16. The zero-order valence-electron chi connectivity index (χ0n) is 8.57. The van der Waals surface area contributed by atoms with Crippen LogP contribution in [0.15, 0.2) is 11.1 Å². The van der Waals surface area contributed by atoms with Crippen LogP contribution in [0.3, 0.4) is 0 Å². The second-order valence-corrected chi connectivity index (χ2v) is 4.53. The van der Waals surface area contributed by atoms with E-state index in [9.17, 15) is 17.2 Å². The molecule has 0 unspecified atom stereocenters. The minimum Gasteiger partial charge on any atom is -0.481 e. The minimum absolute atomic E-state index is 0.0543. The molecule has 0 aliphatic heterocycles. The fraction of sp³-hybridized carbons (Fsp3) is 0.375. The molecule has 0 bridgehead atoms. The molecular weight excluding hydrogens is 242 g/mol. The quantitative estimate of drug-likeness (QED) is 0.869. The van der Waals surface area contributed by atoms with Gasteiger partial charge in [0.15, 0.2) is 5.03 Å². The van der Waals surface area contributed by atoms with Crippen LogP contribution in [0.2, 0.25) is 0 Å². The highest BCUT2D eigenvalue weighted by molar-refractivity contribution is 7.89. The Kier molecular flexibility index (Phi) is 3.44. The van der Waals surface area contributed by atoms with Gasteiger partial charge in [-0.1, -0.05) is 0 Å². The van der Waals surface area contributed by atoms with Crippen LogP contribution in [0.25, 0.3) is 0 Å². The Morgan fingerprint density at radius 2 is 2.06 bits per heavy atom. The van der Waals surface area contributed by atoms with Gasteiger partial charge in [0.05, 0.1) is 12.7 Å². The fourth-order valence-electron chi connectivity index (χ4n) is 1.21. The molecule has 0 saturated carbocycles. The summed E-state index contributed by atoms with van der Waals surface area (Å²) < 4.78 is 51.8. The molecule has 8 heteroatoms. The van der Waals surface area contributed by atoms with Crippen molar-refractivity contribution < 1.29 is 21.9 Å². The van der Waals surface area contributed by atoms with Crippen molar-refractivity contribution in [2.24, 2.45) is 5.14 Å². The first kappa shape index (κ1) is 12.8. The van der Waals surface area contributed by atoms with E-state index in [1.807, 2.05) is 0 Å². The van der Waals surface area contributed by atoms with Gasteiger partial charge in [0.25, 0.3) is 16.4 Å². The van der Waals surface area contributed by atoms with Crippen molar-refractivity contribution in [1.82, 2.24) is 4.98 Å². The molecule has 0 aromatic carbocycles. The monoisotopic (exact) mass is 252 g/mol. The van der Waals surface area contributed by atoms with Gasteiger partial charge in [0, 0.05) is 0 Å². The van der Waals surface area contributed by atoms with Crippen LogP contribution < -0.4 is 9.88 Å². The van der Waals surface area contributed by atoms with Crippen molar-refractivity contribution in [2.45, 2.75) is 18.4 Å². The second-order valence-electron chi connectivity index (χ2n) is 3.05. The molecule has 1 aromatic heterocycles. The molecule has 0 fully saturated rings. The third kappa shape index (κ3) is 2.45. The van der Waals surface area contributed by atoms with Crippen LogP contribution in [0.4, 0.5) is 8.78 Å². The van der Waals surface area contributed by atoms with Crippen LogP contribution in [-0.2, 0) is 10.0 Å². The molecule has 16 heavy (non-hydrogen) atoms. The second kappa shape index (κ2) is 4.30. The van der Waals surface area contributed by atoms with Crippen molar-refractivity contribution >= 4 is 10.0 Å². The Balaban J connectivity index is 3.50. The van der Waals surface area contributed by atoms with Gasteiger partial charge in [0.2, 0.25) is 5.88 Å². The van der Waals surface area contributed by atoms with Crippen molar-refractivity contribution in [3.05, 3.63) is 17.2 Å². The fourth-order valence-corrected chi connectivity index (χ4v) is 1.93. The average Bonchev–Trinajstić information content (AvgIpc) is 2.15. The van der Waals surface area contributed by atoms with Crippen molar-refractivity contribution in [2.75, 3.05) is 7.11 Å². The molecule has 0 spiro atoms. The first-order chi connectivity index (χ1) is 7.27. The molecule has 5 nitrogen and oxygen atoms in total. The summed E-state index contributed by atoms with van der Waals surface area (Å²) in [5, 5.41) is 4.41. The Labute approximate surface area is 91.3 Å². The predicted molar refractivity (Wildman–Crippen MR) is 51.9 cm³/mol. The average molecular weight is 252 g/mol. The molecule has 0 aliphatic carbocycles. The van der Waals surface area contributed by atoms with Crippen molar-refractivity contribution in [3.8, 4) is 5.88 Å². The maximum atomic E-state index is 12.5. The number of pyridine rings is 1. The number of aromatic nitrogens is 1. The van der Waals surface area contributed by atoms with Gasteiger partial charge in [0.1, 0.15) is 0 Å². The van der Waals surface area contributed by atoms with E-state index in [1.54, 1.807) is 0 Å². The maximum absolute atomic E-state index is 12.5. The highest BCUT2D eigenvalue weighted by atomic mass is 32.2. The van der Waals surface area contributed by atoms with Crippen LogP contribution in [0, 0.1) is 6.92 Å². The van der Waals surface area contributed by atoms with E-state index < -0.39 is 32.9 Å². The van der Waals surface area contributed by atoms with Gasteiger partial charge in [-0.3, -0.25) is 0 Å². The van der Waals surface area contributed by atoms with E-state index in [4.69, 9.17) is 5.14 Å². The third-order valence-corrected chi connectivity index (χ3v) is 2.81. The Morgan fingerprint density at radius 3 is 2.44 bits per heavy atom. The number of nitrogens with two attached hydrogens (primary N) is 1. The van der Waals surface area contributed by atoms with E-state index in [-0.39, 0.29) is 5.56 Å². The number of nitrogens with zero attached hydrogens (tertiary/aromatic N) is 1. The van der Waals surface area contributed by atoms with E-state index in [1.165, 1.54) is 6.92 Å². The highest BCUT2D eigenvalue weighted by Crippen LogP contribution is 2.29. The van der Waals surface area contributed by atoms with Gasteiger partial charge < -0.3 is 4.74 Å². The SMILES string of the molecule is COc1nc(S(N)(=O)=O)c(C)cc1C(F)F. The predicted octanol–water partition coefficient (Wildman–Crippen LogP) is 0.984. The number of methoxy groups -OCH3 is 1. The van der Waals surface area contributed by atoms with E-state index >= 15 is 0 Å². The Bertz CT molecular complexity index is 502. The number of primary sulfonamides is 1. The summed E-state index contributed by atoms with van der Waals surface area (Å²) in [5.74, 6) is -0.440. The van der Waals surface area contributed by atoms with E-state index in [0.717, 1.165) is 13.2 Å². The topological polar surface area (TPSA) is 82.3 Å². The van der Waals surface area contributed by atoms with Crippen LogP contribution in [-0.4, -0.2) is 20.5 Å². The molecule has 0 aliphatic rings. The molecule has 90 valence electrons. The molecule has 1 rings (SSSR count). The number of alkyl halides is 2. The summed E-state index contributed by atoms with van der Waals surface area (Å²) in [6.45, 7) is 1.33. The lowest BCUT2D eigenvalue weighted by molar-refractivity contribution is 0.145. The number of hydrogen-bond acceptors (Lipinski definition) is 4. The summed E-state index contributed by atoms with van der Waals surface area (Å²) in [4.78, 5) is 3.47. The van der Waals surface area contributed by atoms with Crippen molar-refractivity contribution in [1.29, 1.82) is 0 Å². The smallest absolute Gasteiger partial charge is 0.269 e. The lowest BCUT2D eigenvalue weighted by Gasteiger charge is -2.10. The Morgan fingerprint density at radius 1 is 1.50 bits per heavy atom. The van der Waals surface area contributed by atoms with Gasteiger partial charge >= 0.3 is 0 Å². The Hall–Kier alpha value is -1.28. The number of ether oxygens (including phenoxy) is 1. The van der Waals surface area contributed by atoms with E-state index in [2.05, 4.69) is 9.72 Å². The normalized spacial score (nSPS) is 11.9. The standard InChI is InChI=1S/C8H10F2N2O3S/c1-4-3-5(6(9)10)7(15-2)12-8(4)16(11,13)14/h3,6H,1-2H3,(H2,11,13,14). The molecule has 1 heterocycles. The molecular formula is C8H10F2N2O3S. The summed E-state index contributed by atoms with van der Waals surface area (Å²) in [5.41, 5.74) is -0.411. The molecule has 2 N–H and O–H groups in total. The summed E-state index contributed by atoms with van der Waals surface area (Å²) in [7, 11) is -2.92. The highest BCUT2D eigenvalue weighted by Gasteiger charge is 2.22. The number of sulfonamides is 1. The van der Waals surface area contributed by atoms with Crippen molar-refractivity contribution in [3.63, 3.8) is 0 Å². The van der Waals surface area contributed by atoms with Gasteiger partial charge in [-0.05, 0) is 18.6 Å². The lowest BCUT2D eigenvalue weighted by atomic mass is 10.2. The molecule has 0 atom stereocenters. The third-order valence-electron chi connectivity index (χ3n) is 1.86. The molecule has 0 saturated heterocycles. The first-order valence-corrected chi connectivity index (χ1v) is 5.68. The molecule has 1 aromatic rings. The largest absolute Gasteiger partial charge is 0.481 e. The van der Waals surface area contributed by atoms with Gasteiger partial charge in [-0.2, -0.15) is 4.98 Å². The van der Waals surface area contributed by atoms with Crippen LogP contribution in [0.5, 0.6) is 5.88 Å². The summed E-state index contributed by atoms with van der Waals surface area (Å²) in [6, 6.07) is 0.996. The zero-order valence-corrected chi connectivity index (χ0v) is 9.38. The minimum atomic E-state index is -4.04. The van der Waals surface area contributed by atoms with Crippen LogP contribution in [0.1, 0.15) is 17.6 Å². The summed E-state index contributed by atoms with van der Waals surface area (Å²) >= 11 is 0. The zero-order chi connectivity index (χ0) is 12.5. The first-order valence-electron chi connectivity index (χ1n) is 4.14.